The van der Waals surface area contributed by atoms with Gasteiger partial charge in [-0.05, 0) is 121 Å². The lowest BCUT2D eigenvalue weighted by molar-refractivity contribution is -0.193. The molecule has 8 N–H and O–H groups in total. The Morgan fingerprint density at radius 2 is 1.43 bits per heavy atom. The third-order valence-corrected chi connectivity index (χ3v) is 14.7. The number of thiophene rings is 2. The largest absolute Gasteiger partial charge is 0.506 e. The number of pyridine rings is 1. The first-order chi connectivity index (χ1) is 35.8. The second-order valence-electron chi connectivity index (χ2n) is 17.9. The number of carboxylic acid groups (broad SMARTS) is 2. The highest BCUT2D eigenvalue weighted by molar-refractivity contribution is 7.12. The van der Waals surface area contributed by atoms with Crippen molar-refractivity contribution in [2.24, 2.45) is 5.41 Å². The van der Waals surface area contributed by atoms with Crippen LogP contribution in [0.1, 0.15) is 69.4 Å². The number of fused-ring (bicyclic) bond motifs is 1. The van der Waals surface area contributed by atoms with E-state index in [1.54, 1.807) is 66.5 Å². The number of carbonyl (C=O) groups excluding carboxylic acids is 3. The predicted molar refractivity (Wildman–Crippen MR) is 268 cm³/mol. The van der Waals surface area contributed by atoms with E-state index < -0.39 is 42.0 Å². The molecule has 1 aliphatic heterocycles. The number of nitrogens with one attached hydrogen (secondary N) is 3. The van der Waals surface area contributed by atoms with E-state index in [0.717, 1.165) is 44.3 Å². The number of aromatic hydroxyl groups is 1. The van der Waals surface area contributed by atoms with E-state index in [0.29, 0.717) is 57.2 Å². The van der Waals surface area contributed by atoms with E-state index >= 15 is 0 Å². The summed E-state index contributed by atoms with van der Waals surface area (Å²) in [6.07, 6.45) is -7.50. The zero-order chi connectivity index (χ0) is 55.6. The molecule has 2 amide bonds. The molecule has 406 valence electrons. The van der Waals surface area contributed by atoms with Crippen molar-refractivity contribution in [3.63, 3.8) is 0 Å². The molecule has 1 spiro atoms. The SMILES string of the molecule is CN(C(=O)CCN1CCC2(CC1)CC(OC(=O)C(O)(c1cccs1)c1cccs1)C2)c1cccc(C(=O)Nc2ccc(CNC[C@H](O)c3ccc(O)c4[nH]c(=O)ccc34)cc2)c1.O=C(O)C(F)(F)F.O=C(O)C(F)(F)F. The van der Waals surface area contributed by atoms with Gasteiger partial charge in [0.2, 0.25) is 17.1 Å². The number of carboxylic acids is 2. The fourth-order valence-electron chi connectivity index (χ4n) is 8.52. The Morgan fingerprint density at radius 3 is 1.99 bits per heavy atom. The van der Waals surface area contributed by atoms with Crippen LogP contribution in [0.15, 0.2) is 113 Å². The molecule has 0 bridgehead atoms. The molecule has 2 fully saturated rings. The molecular weight excluding hydrogens is 1050 g/mol. The Kier molecular flexibility index (Phi) is 18.9. The van der Waals surface area contributed by atoms with Gasteiger partial charge in [-0.2, -0.15) is 26.3 Å². The number of amides is 2. The standard InChI is InChI=1S/C47H49N5O8S2.2C2HF3O2/c1-51(42(56)17-20-52-21-18-46(19-22-52)26-34(27-46)60-45(58)47(59,39-7-3-23-61-39)40-8-4-24-62-40)33-6-2-5-31(25-33)44(57)49-32-11-9-30(10-12-32)28-48-29-38(54)35-13-15-37(53)43-36(35)14-16-41(55)50-43;2*3-2(4,5)1(6)7/h2-16,23-25,34,38,48,53-54,59H,17-22,26-29H2,1H3,(H,49,57)(H,50,55);2*(H,6,7)/t38-;;/m0../s1. The number of aliphatic hydroxyl groups excluding tert-OH is 1. The lowest BCUT2D eigenvalue weighted by atomic mass is 9.61. The van der Waals surface area contributed by atoms with Gasteiger partial charge >= 0.3 is 30.3 Å². The fourth-order valence-corrected chi connectivity index (χ4v) is 10.2. The summed E-state index contributed by atoms with van der Waals surface area (Å²) in [5.74, 6) is -6.56. The van der Waals surface area contributed by atoms with Crippen molar-refractivity contribution < 1.29 is 80.6 Å². The highest BCUT2D eigenvalue weighted by Crippen LogP contribution is 2.51. The number of aliphatic hydroxyl groups is 2. The number of aromatic nitrogens is 1. The first kappa shape index (κ1) is 58.1. The van der Waals surface area contributed by atoms with Crippen LogP contribution in [0.4, 0.5) is 37.7 Å². The molecule has 4 heterocycles. The fraction of sp³-hybridized carbons (Fsp3) is 0.333. The van der Waals surface area contributed by atoms with Gasteiger partial charge in [-0.25, -0.2) is 14.4 Å². The van der Waals surface area contributed by atoms with E-state index in [4.69, 9.17) is 24.5 Å². The normalized spacial score (nSPS) is 15.0. The van der Waals surface area contributed by atoms with Gasteiger partial charge in [0.05, 0.1) is 21.4 Å². The molecular formula is C51H51F6N5O12S2. The summed E-state index contributed by atoms with van der Waals surface area (Å²) in [6, 6.07) is 27.5. The first-order valence-corrected chi connectivity index (χ1v) is 24.9. The molecule has 17 nitrogen and oxygen atoms in total. The van der Waals surface area contributed by atoms with Crippen LogP contribution in [0.2, 0.25) is 0 Å². The number of halogens is 6. The lowest BCUT2D eigenvalue weighted by Gasteiger charge is -2.51. The maximum atomic E-state index is 13.4. The topological polar surface area (TPSA) is 259 Å². The zero-order valence-corrected chi connectivity index (χ0v) is 41.8. The molecule has 8 rings (SSSR count). The number of phenolic OH excluding ortho intramolecular Hbond substituents is 1. The number of aliphatic carboxylic acids is 2. The number of H-pyrrole nitrogens is 1. The summed E-state index contributed by atoms with van der Waals surface area (Å²) in [5, 5.41) is 57.2. The van der Waals surface area contributed by atoms with Crippen LogP contribution in [0, 0.1) is 5.41 Å². The zero-order valence-electron chi connectivity index (χ0n) is 40.2. The Hall–Kier alpha value is -7.16. The van der Waals surface area contributed by atoms with Crippen molar-refractivity contribution in [1.82, 2.24) is 15.2 Å². The number of anilines is 2. The number of aromatic amines is 1. The molecule has 1 aliphatic carbocycles. The second-order valence-corrected chi connectivity index (χ2v) is 19.8. The average Bonchev–Trinajstić information content (AvgIpc) is 4.13. The van der Waals surface area contributed by atoms with E-state index in [2.05, 4.69) is 20.5 Å². The van der Waals surface area contributed by atoms with Crippen molar-refractivity contribution in [1.29, 1.82) is 0 Å². The number of benzene rings is 3. The van der Waals surface area contributed by atoms with Gasteiger partial charge in [-0.3, -0.25) is 14.4 Å². The number of alkyl halides is 6. The monoisotopic (exact) mass is 1100 g/mol. The Morgan fingerprint density at radius 1 is 0.842 bits per heavy atom. The number of carbonyl (C=O) groups is 5. The highest BCUT2D eigenvalue weighted by Gasteiger charge is 2.51. The number of nitrogens with zero attached hydrogens (tertiary/aromatic N) is 2. The van der Waals surface area contributed by atoms with Crippen LogP contribution in [0.25, 0.3) is 10.9 Å². The van der Waals surface area contributed by atoms with Gasteiger partial charge in [0.15, 0.2) is 0 Å². The number of hydrogen-bond acceptors (Lipinski definition) is 14. The van der Waals surface area contributed by atoms with Crippen LogP contribution in [-0.4, -0.2) is 117 Å². The lowest BCUT2D eigenvalue weighted by Crippen LogP contribution is -2.52. The molecule has 76 heavy (non-hydrogen) atoms. The van der Waals surface area contributed by atoms with Gasteiger partial charge in [-0.15, -0.1) is 22.7 Å². The van der Waals surface area contributed by atoms with Crippen molar-refractivity contribution in [3.05, 3.63) is 145 Å². The Balaban J connectivity index is 0.000000590. The summed E-state index contributed by atoms with van der Waals surface area (Å²) >= 11 is 2.67. The smallest absolute Gasteiger partial charge is 0.490 e. The van der Waals surface area contributed by atoms with E-state index in [1.807, 2.05) is 41.1 Å². The number of phenols is 1. The van der Waals surface area contributed by atoms with Gasteiger partial charge in [0, 0.05) is 61.5 Å². The predicted octanol–water partition coefficient (Wildman–Crippen LogP) is 7.78. The van der Waals surface area contributed by atoms with Crippen LogP contribution in [-0.2, 0) is 36.1 Å². The van der Waals surface area contributed by atoms with Crippen molar-refractivity contribution in [3.8, 4) is 5.75 Å². The highest BCUT2D eigenvalue weighted by atomic mass is 32.1. The van der Waals surface area contributed by atoms with Crippen LogP contribution < -0.4 is 21.1 Å². The minimum absolute atomic E-state index is 0.0492. The van der Waals surface area contributed by atoms with Gasteiger partial charge in [0.25, 0.3) is 5.91 Å². The number of esters is 1. The summed E-state index contributed by atoms with van der Waals surface area (Å²) in [7, 11) is 1.72. The van der Waals surface area contributed by atoms with E-state index in [-0.39, 0.29) is 46.7 Å². The van der Waals surface area contributed by atoms with E-state index in [9.17, 15) is 60.8 Å². The number of rotatable bonds is 15. The molecule has 6 aromatic rings. The minimum atomic E-state index is -5.08. The minimum Gasteiger partial charge on any atom is -0.506 e. The van der Waals surface area contributed by atoms with Crippen molar-refractivity contribution >= 4 is 74.7 Å². The number of hydrogen-bond donors (Lipinski definition) is 8. The molecule has 1 atom stereocenters. The van der Waals surface area contributed by atoms with Gasteiger partial charge in [-0.1, -0.05) is 36.4 Å². The third kappa shape index (κ3) is 14.8. The van der Waals surface area contributed by atoms with Crippen LogP contribution in [0.5, 0.6) is 5.75 Å². The molecule has 0 unspecified atom stereocenters. The molecule has 25 heteroatoms. The second kappa shape index (κ2) is 24.7. The number of likely N-dealkylation sites (tertiary alicyclic amines) is 1. The maximum absolute atomic E-state index is 13.4. The van der Waals surface area contributed by atoms with Crippen molar-refractivity contribution in [2.45, 2.75) is 68.8 Å². The molecule has 0 radical (unpaired) electrons. The van der Waals surface area contributed by atoms with E-state index in [1.165, 1.54) is 34.8 Å². The summed E-state index contributed by atoms with van der Waals surface area (Å²) in [6.45, 7) is 3.01. The molecule has 2 aliphatic rings. The van der Waals surface area contributed by atoms with Crippen LogP contribution >= 0.6 is 22.7 Å². The quantitative estimate of drug-likeness (QED) is 0.0361. The summed E-state index contributed by atoms with van der Waals surface area (Å²) in [4.78, 5) is 77.1. The Bertz CT molecular complexity index is 2970. The number of piperidine rings is 1. The van der Waals surface area contributed by atoms with Gasteiger partial charge in [0.1, 0.15) is 11.9 Å². The molecule has 1 saturated carbocycles. The van der Waals surface area contributed by atoms with Gasteiger partial charge < -0.3 is 55.7 Å². The molecule has 3 aromatic heterocycles. The Labute approximate surface area is 437 Å². The number of ether oxygens (including phenoxy) is 1. The molecule has 1 saturated heterocycles. The first-order valence-electron chi connectivity index (χ1n) is 23.1. The van der Waals surface area contributed by atoms with Crippen molar-refractivity contribution in [2.75, 3.05) is 43.4 Å². The molecule has 3 aromatic carbocycles. The summed E-state index contributed by atoms with van der Waals surface area (Å²) in [5.41, 5.74) is 1.40. The third-order valence-electron chi connectivity index (χ3n) is 12.7. The van der Waals surface area contributed by atoms with Crippen LogP contribution in [0.3, 0.4) is 0 Å². The maximum Gasteiger partial charge on any atom is 0.490 e. The average molecular weight is 1100 g/mol. The summed E-state index contributed by atoms with van der Waals surface area (Å²) < 4.78 is 69.4.